The molecule has 0 aliphatic heterocycles. The van der Waals surface area contributed by atoms with E-state index in [1.54, 1.807) is 4.90 Å². The average molecular weight is 279 g/mol. The van der Waals surface area contributed by atoms with E-state index in [4.69, 9.17) is 5.11 Å². The molecule has 2 amide bonds. The Morgan fingerprint density at radius 3 is 2.55 bits per heavy atom. The highest BCUT2D eigenvalue weighted by atomic mass is 16.4. The number of carboxylic acids is 1. The number of urea groups is 1. The lowest BCUT2D eigenvalue weighted by molar-refractivity contribution is -0.141. The highest BCUT2D eigenvalue weighted by molar-refractivity contribution is 5.82. The summed E-state index contributed by atoms with van der Waals surface area (Å²) in [6, 6.07) is 4.45. The van der Waals surface area contributed by atoms with E-state index in [2.05, 4.69) is 4.98 Å². The SMILES string of the molecule is CCN(Cc1cccc(C)n1)C(=O)N(C)C(C)C(=O)O. The smallest absolute Gasteiger partial charge is 0.326 e. The normalized spacial score (nSPS) is 11.8. The van der Waals surface area contributed by atoms with Gasteiger partial charge in [0, 0.05) is 19.3 Å². The van der Waals surface area contributed by atoms with E-state index < -0.39 is 12.0 Å². The largest absolute Gasteiger partial charge is 0.480 e. The molecule has 110 valence electrons. The lowest BCUT2D eigenvalue weighted by Crippen LogP contribution is -2.47. The van der Waals surface area contributed by atoms with E-state index in [0.717, 1.165) is 11.4 Å². The van der Waals surface area contributed by atoms with Gasteiger partial charge in [0.15, 0.2) is 0 Å². The van der Waals surface area contributed by atoms with Crippen molar-refractivity contribution in [1.82, 2.24) is 14.8 Å². The maximum Gasteiger partial charge on any atom is 0.326 e. The molecule has 6 nitrogen and oxygen atoms in total. The molecule has 0 aliphatic rings. The molecule has 1 aromatic heterocycles. The van der Waals surface area contributed by atoms with E-state index in [1.165, 1.54) is 18.9 Å². The molecule has 0 saturated carbocycles. The van der Waals surface area contributed by atoms with Gasteiger partial charge in [-0.15, -0.1) is 0 Å². The molecule has 1 unspecified atom stereocenters. The van der Waals surface area contributed by atoms with Crippen molar-refractivity contribution in [2.24, 2.45) is 0 Å². The molecule has 0 radical (unpaired) electrons. The van der Waals surface area contributed by atoms with Crippen LogP contribution in [0.1, 0.15) is 25.2 Å². The third-order valence-corrected chi connectivity index (χ3v) is 3.19. The monoisotopic (exact) mass is 279 g/mol. The van der Waals surface area contributed by atoms with Gasteiger partial charge in [0.1, 0.15) is 6.04 Å². The highest BCUT2D eigenvalue weighted by Crippen LogP contribution is 2.08. The lowest BCUT2D eigenvalue weighted by Gasteiger charge is -2.29. The van der Waals surface area contributed by atoms with Crippen LogP contribution in [0.4, 0.5) is 4.79 Å². The number of hydrogen-bond donors (Lipinski definition) is 1. The van der Waals surface area contributed by atoms with Gasteiger partial charge < -0.3 is 14.9 Å². The zero-order valence-electron chi connectivity index (χ0n) is 12.3. The summed E-state index contributed by atoms with van der Waals surface area (Å²) in [6.45, 7) is 6.09. The molecular weight excluding hydrogens is 258 g/mol. The quantitative estimate of drug-likeness (QED) is 0.891. The minimum Gasteiger partial charge on any atom is -0.480 e. The maximum absolute atomic E-state index is 12.3. The van der Waals surface area contributed by atoms with E-state index in [0.29, 0.717) is 13.1 Å². The van der Waals surface area contributed by atoms with Crippen molar-refractivity contribution in [3.8, 4) is 0 Å². The predicted octanol–water partition coefficient (Wildman–Crippen LogP) is 1.74. The fraction of sp³-hybridized carbons (Fsp3) is 0.500. The van der Waals surface area contributed by atoms with Crippen LogP contribution in [0.2, 0.25) is 0 Å². The molecule has 20 heavy (non-hydrogen) atoms. The molecule has 1 heterocycles. The summed E-state index contributed by atoms with van der Waals surface area (Å²) >= 11 is 0. The van der Waals surface area contributed by atoms with E-state index in [9.17, 15) is 9.59 Å². The number of nitrogens with zero attached hydrogens (tertiary/aromatic N) is 3. The van der Waals surface area contributed by atoms with Crippen LogP contribution >= 0.6 is 0 Å². The van der Waals surface area contributed by atoms with E-state index >= 15 is 0 Å². The molecule has 0 bridgehead atoms. The molecule has 0 aromatic carbocycles. The Bertz CT molecular complexity index is 490. The topological polar surface area (TPSA) is 73.7 Å². The maximum atomic E-state index is 12.3. The van der Waals surface area contributed by atoms with Gasteiger partial charge in [-0.3, -0.25) is 4.98 Å². The molecule has 1 N–H and O–H groups in total. The number of aliphatic carboxylic acids is 1. The fourth-order valence-electron chi connectivity index (χ4n) is 1.75. The van der Waals surface area contributed by atoms with Gasteiger partial charge in [0.25, 0.3) is 0 Å². The summed E-state index contributed by atoms with van der Waals surface area (Å²) in [6.07, 6.45) is 0. The highest BCUT2D eigenvalue weighted by Gasteiger charge is 2.25. The first-order valence-electron chi connectivity index (χ1n) is 6.53. The van der Waals surface area contributed by atoms with Gasteiger partial charge >= 0.3 is 12.0 Å². The standard InChI is InChI=1S/C14H21N3O3/c1-5-17(9-12-8-6-7-10(2)15-12)14(20)16(4)11(3)13(18)19/h6-8,11H,5,9H2,1-4H3,(H,18,19). The number of rotatable bonds is 5. The van der Waals surface area contributed by atoms with Crippen molar-refractivity contribution in [1.29, 1.82) is 0 Å². The Hall–Kier alpha value is -2.11. The number of amides is 2. The van der Waals surface area contributed by atoms with E-state index in [-0.39, 0.29) is 6.03 Å². The Morgan fingerprint density at radius 2 is 2.05 bits per heavy atom. The van der Waals surface area contributed by atoms with Crippen molar-refractivity contribution >= 4 is 12.0 Å². The van der Waals surface area contributed by atoms with Gasteiger partial charge in [-0.25, -0.2) is 9.59 Å². The number of carboxylic acid groups (broad SMARTS) is 1. The molecule has 1 rings (SSSR count). The summed E-state index contributed by atoms with van der Waals surface area (Å²) < 4.78 is 0. The molecule has 0 fully saturated rings. The minimum atomic E-state index is -1.02. The van der Waals surface area contributed by atoms with E-state index in [1.807, 2.05) is 32.0 Å². The molecule has 0 saturated heterocycles. The van der Waals surface area contributed by atoms with Crippen LogP contribution in [0.15, 0.2) is 18.2 Å². The van der Waals surface area contributed by atoms with Crippen LogP contribution in [0.25, 0.3) is 0 Å². The second kappa shape index (κ2) is 6.88. The molecule has 6 heteroatoms. The number of aromatic nitrogens is 1. The number of likely N-dealkylation sites (N-methyl/N-ethyl adjacent to an activating group) is 1. The number of pyridine rings is 1. The summed E-state index contributed by atoms with van der Waals surface area (Å²) in [5.41, 5.74) is 1.68. The Kier molecular flexibility index (Phi) is 5.49. The van der Waals surface area contributed by atoms with Crippen molar-refractivity contribution in [3.63, 3.8) is 0 Å². The lowest BCUT2D eigenvalue weighted by atomic mass is 10.3. The Labute approximate surface area is 119 Å². The molecular formula is C14H21N3O3. The minimum absolute atomic E-state index is 0.314. The predicted molar refractivity (Wildman–Crippen MR) is 75.3 cm³/mol. The van der Waals surface area contributed by atoms with Crippen LogP contribution in [0, 0.1) is 6.92 Å². The van der Waals surface area contributed by atoms with Crippen molar-refractivity contribution in [2.45, 2.75) is 33.4 Å². The molecule has 0 aliphatic carbocycles. The van der Waals surface area contributed by atoms with Crippen molar-refractivity contribution in [2.75, 3.05) is 13.6 Å². The van der Waals surface area contributed by atoms with Crippen molar-refractivity contribution in [3.05, 3.63) is 29.6 Å². The zero-order chi connectivity index (χ0) is 15.3. The van der Waals surface area contributed by atoms with Gasteiger partial charge in [-0.1, -0.05) is 6.07 Å². The summed E-state index contributed by atoms with van der Waals surface area (Å²) in [5.74, 6) is -1.02. The number of aryl methyl sites for hydroxylation is 1. The van der Waals surface area contributed by atoms with Gasteiger partial charge in [0.2, 0.25) is 0 Å². The zero-order valence-corrected chi connectivity index (χ0v) is 12.3. The van der Waals surface area contributed by atoms with Crippen LogP contribution in [-0.2, 0) is 11.3 Å². The summed E-state index contributed by atoms with van der Waals surface area (Å²) in [4.78, 5) is 30.4. The first-order valence-corrected chi connectivity index (χ1v) is 6.53. The van der Waals surface area contributed by atoms with Crippen LogP contribution < -0.4 is 0 Å². The van der Waals surface area contributed by atoms with Crippen LogP contribution in [0.3, 0.4) is 0 Å². The van der Waals surface area contributed by atoms with Crippen molar-refractivity contribution < 1.29 is 14.7 Å². The Balaban J connectivity index is 2.80. The summed E-state index contributed by atoms with van der Waals surface area (Å²) in [7, 11) is 1.49. The molecule has 1 aromatic rings. The summed E-state index contributed by atoms with van der Waals surface area (Å²) in [5, 5.41) is 8.96. The first kappa shape index (κ1) is 15.9. The third kappa shape index (κ3) is 3.94. The second-order valence-corrected chi connectivity index (χ2v) is 4.69. The molecule has 0 spiro atoms. The number of carbonyl (C=O) groups excluding carboxylic acids is 1. The van der Waals surface area contributed by atoms with Crippen LogP contribution in [-0.4, -0.2) is 51.5 Å². The number of carbonyl (C=O) groups is 2. The van der Waals surface area contributed by atoms with Gasteiger partial charge in [-0.2, -0.15) is 0 Å². The Morgan fingerprint density at radius 1 is 1.40 bits per heavy atom. The first-order chi connectivity index (χ1) is 9.36. The number of hydrogen-bond acceptors (Lipinski definition) is 3. The van der Waals surface area contributed by atoms with Gasteiger partial charge in [0.05, 0.1) is 12.2 Å². The third-order valence-electron chi connectivity index (χ3n) is 3.19. The molecule has 1 atom stereocenters. The second-order valence-electron chi connectivity index (χ2n) is 4.69. The van der Waals surface area contributed by atoms with Gasteiger partial charge in [-0.05, 0) is 32.9 Å². The average Bonchev–Trinajstić information content (AvgIpc) is 2.42. The van der Waals surface area contributed by atoms with Crippen LogP contribution in [0.5, 0.6) is 0 Å². The fourth-order valence-corrected chi connectivity index (χ4v) is 1.75.